The van der Waals surface area contributed by atoms with Crippen LogP contribution in [0.3, 0.4) is 0 Å². The molecule has 2 heteroatoms. The Morgan fingerprint density at radius 1 is 1.47 bits per heavy atom. The Balaban J connectivity index is 2.52. The summed E-state index contributed by atoms with van der Waals surface area (Å²) in [5, 5.41) is 0.158. The van der Waals surface area contributed by atoms with Crippen LogP contribution < -0.4 is 0 Å². The van der Waals surface area contributed by atoms with Crippen LogP contribution in [0.4, 0.5) is 0 Å². The predicted molar refractivity (Wildman–Crippen MR) is 67.2 cm³/mol. The zero-order valence-corrected chi connectivity index (χ0v) is 10.4. The molecule has 1 unspecified atom stereocenters. The second kappa shape index (κ2) is 5.96. The standard InChI is InChI=1S/C13H18OS/c1-4-13(11(3)14)15-9-12-7-5-6-10(2)8-12/h5-8,13H,4,9H2,1-3H3. The van der Waals surface area contributed by atoms with E-state index in [9.17, 15) is 4.79 Å². The quantitative estimate of drug-likeness (QED) is 0.757. The monoisotopic (exact) mass is 222 g/mol. The van der Waals surface area contributed by atoms with E-state index in [4.69, 9.17) is 0 Å². The lowest BCUT2D eigenvalue weighted by atomic mass is 10.2. The van der Waals surface area contributed by atoms with Gasteiger partial charge in [-0.15, -0.1) is 11.8 Å². The second-order valence-electron chi connectivity index (χ2n) is 3.81. The number of benzene rings is 1. The van der Waals surface area contributed by atoms with E-state index < -0.39 is 0 Å². The van der Waals surface area contributed by atoms with E-state index >= 15 is 0 Å². The lowest BCUT2D eigenvalue weighted by Crippen LogP contribution is -2.12. The molecular formula is C13H18OS. The summed E-state index contributed by atoms with van der Waals surface area (Å²) in [5.41, 5.74) is 2.59. The molecule has 82 valence electrons. The first-order valence-corrected chi connectivity index (χ1v) is 6.36. The van der Waals surface area contributed by atoms with Gasteiger partial charge in [-0.2, -0.15) is 0 Å². The first-order valence-electron chi connectivity index (χ1n) is 5.31. The molecule has 0 aromatic heterocycles. The van der Waals surface area contributed by atoms with Crippen LogP contribution in [0.2, 0.25) is 0 Å². The summed E-state index contributed by atoms with van der Waals surface area (Å²) in [4.78, 5) is 11.2. The van der Waals surface area contributed by atoms with Gasteiger partial charge in [0.1, 0.15) is 5.78 Å². The van der Waals surface area contributed by atoms with Crippen molar-refractivity contribution in [3.05, 3.63) is 35.4 Å². The fourth-order valence-corrected chi connectivity index (χ4v) is 2.57. The predicted octanol–water partition coefficient (Wildman–Crippen LogP) is 3.60. The summed E-state index contributed by atoms with van der Waals surface area (Å²) >= 11 is 1.74. The van der Waals surface area contributed by atoms with Gasteiger partial charge in [-0.1, -0.05) is 36.8 Å². The molecule has 1 atom stereocenters. The van der Waals surface area contributed by atoms with E-state index in [1.165, 1.54) is 11.1 Å². The highest BCUT2D eigenvalue weighted by Crippen LogP contribution is 2.21. The largest absolute Gasteiger partial charge is 0.299 e. The molecule has 1 rings (SSSR count). The number of rotatable bonds is 5. The maximum Gasteiger partial charge on any atom is 0.142 e. The molecule has 0 N–H and O–H groups in total. The number of hydrogen-bond acceptors (Lipinski definition) is 2. The van der Waals surface area contributed by atoms with Gasteiger partial charge in [0.2, 0.25) is 0 Å². The Labute approximate surface area is 96.3 Å². The van der Waals surface area contributed by atoms with Gasteiger partial charge in [-0.05, 0) is 25.8 Å². The van der Waals surface area contributed by atoms with Crippen molar-refractivity contribution in [3.8, 4) is 0 Å². The van der Waals surface area contributed by atoms with E-state index in [0.29, 0.717) is 0 Å². The summed E-state index contributed by atoms with van der Waals surface area (Å²) in [5.74, 6) is 1.22. The van der Waals surface area contributed by atoms with Crippen LogP contribution in [-0.2, 0) is 10.5 Å². The van der Waals surface area contributed by atoms with Crippen molar-refractivity contribution in [1.29, 1.82) is 0 Å². The zero-order chi connectivity index (χ0) is 11.3. The lowest BCUT2D eigenvalue weighted by Gasteiger charge is -2.10. The van der Waals surface area contributed by atoms with E-state index in [0.717, 1.165) is 12.2 Å². The molecule has 1 aromatic rings. The highest BCUT2D eigenvalue weighted by molar-refractivity contribution is 7.99. The summed E-state index contributed by atoms with van der Waals surface area (Å²) in [7, 11) is 0. The van der Waals surface area contributed by atoms with Crippen molar-refractivity contribution in [3.63, 3.8) is 0 Å². The number of carbonyl (C=O) groups is 1. The van der Waals surface area contributed by atoms with Gasteiger partial charge in [-0.3, -0.25) is 4.79 Å². The van der Waals surface area contributed by atoms with Gasteiger partial charge < -0.3 is 0 Å². The molecule has 0 saturated heterocycles. The third kappa shape index (κ3) is 4.08. The molecule has 0 aliphatic carbocycles. The van der Waals surface area contributed by atoms with Gasteiger partial charge in [0.05, 0.1) is 5.25 Å². The minimum Gasteiger partial charge on any atom is -0.299 e. The van der Waals surface area contributed by atoms with Crippen molar-refractivity contribution in [2.45, 2.75) is 38.2 Å². The average Bonchev–Trinajstić information content (AvgIpc) is 2.18. The first kappa shape index (κ1) is 12.3. The number of ketones is 1. The highest BCUT2D eigenvalue weighted by atomic mass is 32.2. The molecule has 0 saturated carbocycles. The Morgan fingerprint density at radius 2 is 2.20 bits per heavy atom. The molecule has 0 aliphatic heterocycles. The molecule has 1 nitrogen and oxygen atoms in total. The van der Waals surface area contributed by atoms with Crippen LogP contribution in [0.25, 0.3) is 0 Å². The van der Waals surface area contributed by atoms with Crippen molar-refractivity contribution in [2.75, 3.05) is 0 Å². The van der Waals surface area contributed by atoms with Gasteiger partial charge in [-0.25, -0.2) is 0 Å². The normalized spacial score (nSPS) is 12.5. The Morgan fingerprint density at radius 3 is 2.73 bits per heavy atom. The summed E-state index contributed by atoms with van der Waals surface area (Å²) < 4.78 is 0. The minimum atomic E-state index is 0.158. The van der Waals surface area contributed by atoms with Crippen LogP contribution in [0.5, 0.6) is 0 Å². The van der Waals surface area contributed by atoms with Crippen LogP contribution in [-0.4, -0.2) is 11.0 Å². The van der Waals surface area contributed by atoms with Crippen molar-refractivity contribution >= 4 is 17.5 Å². The summed E-state index contributed by atoms with van der Waals surface area (Å²) in [6, 6.07) is 8.46. The van der Waals surface area contributed by atoms with Gasteiger partial charge in [0, 0.05) is 5.75 Å². The number of thioether (sulfide) groups is 1. The van der Waals surface area contributed by atoms with Crippen molar-refractivity contribution in [2.24, 2.45) is 0 Å². The van der Waals surface area contributed by atoms with Gasteiger partial charge in [0.25, 0.3) is 0 Å². The smallest absolute Gasteiger partial charge is 0.142 e. The molecule has 0 amide bonds. The Kier molecular flexibility index (Phi) is 4.89. The maximum absolute atomic E-state index is 11.2. The molecule has 0 radical (unpaired) electrons. The number of Topliss-reactive ketones (excluding diaryl/α,β-unsaturated/α-hetero) is 1. The van der Waals surface area contributed by atoms with E-state index in [1.54, 1.807) is 18.7 Å². The molecular weight excluding hydrogens is 204 g/mol. The Hall–Kier alpha value is -0.760. The maximum atomic E-state index is 11.2. The van der Waals surface area contributed by atoms with Crippen molar-refractivity contribution in [1.82, 2.24) is 0 Å². The second-order valence-corrected chi connectivity index (χ2v) is 5.00. The third-order valence-electron chi connectivity index (χ3n) is 2.36. The zero-order valence-electron chi connectivity index (χ0n) is 9.62. The fraction of sp³-hybridized carbons (Fsp3) is 0.462. The molecule has 0 heterocycles. The molecule has 0 aliphatic rings. The molecule has 0 spiro atoms. The molecule has 0 fully saturated rings. The summed E-state index contributed by atoms with van der Waals surface area (Å²) in [6.45, 7) is 5.84. The van der Waals surface area contributed by atoms with E-state index in [1.807, 2.05) is 0 Å². The SMILES string of the molecule is CCC(SCc1cccc(C)c1)C(C)=O. The molecule has 1 aromatic carbocycles. The van der Waals surface area contributed by atoms with Crippen LogP contribution in [0.1, 0.15) is 31.4 Å². The third-order valence-corrected chi connectivity index (χ3v) is 3.93. The average molecular weight is 222 g/mol. The Bertz CT molecular complexity index is 333. The van der Waals surface area contributed by atoms with Gasteiger partial charge >= 0.3 is 0 Å². The first-order chi connectivity index (χ1) is 7.13. The van der Waals surface area contributed by atoms with Crippen molar-refractivity contribution < 1.29 is 4.79 Å². The van der Waals surface area contributed by atoms with Crippen LogP contribution in [0.15, 0.2) is 24.3 Å². The number of aryl methyl sites for hydroxylation is 1. The van der Waals surface area contributed by atoms with Crippen LogP contribution in [0, 0.1) is 6.92 Å². The molecule has 0 bridgehead atoms. The minimum absolute atomic E-state index is 0.158. The number of carbonyl (C=O) groups excluding carboxylic acids is 1. The number of hydrogen-bond donors (Lipinski definition) is 0. The highest BCUT2D eigenvalue weighted by Gasteiger charge is 2.11. The van der Waals surface area contributed by atoms with E-state index in [-0.39, 0.29) is 11.0 Å². The lowest BCUT2D eigenvalue weighted by molar-refractivity contribution is -0.116. The van der Waals surface area contributed by atoms with E-state index in [2.05, 4.69) is 38.1 Å². The summed E-state index contributed by atoms with van der Waals surface area (Å²) in [6.07, 6.45) is 0.922. The topological polar surface area (TPSA) is 17.1 Å². The fourth-order valence-electron chi connectivity index (χ4n) is 1.52. The van der Waals surface area contributed by atoms with Crippen LogP contribution >= 0.6 is 11.8 Å². The molecule has 15 heavy (non-hydrogen) atoms. The van der Waals surface area contributed by atoms with Gasteiger partial charge in [0.15, 0.2) is 0 Å².